The Morgan fingerprint density at radius 1 is 1.02 bits per heavy atom. The monoisotopic (exact) mass is 687 g/mol. The van der Waals surface area contributed by atoms with Gasteiger partial charge in [0.25, 0.3) is 11.5 Å². The number of hydrogen-bond acceptors (Lipinski definition) is 8. The lowest BCUT2D eigenvalue weighted by Crippen LogP contribution is -2.51. The van der Waals surface area contributed by atoms with Gasteiger partial charge in [-0.1, -0.05) is 6.92 Å². The highest BCUT2D eigenvalue weighted by Crippen LogP contribution is 2.30. The van der Waals surface area contributed by atoms with E-state index in [1.165, 1.54) is 9.47 Å². The number of fused-ring (bicyclic) bond motifs is 1. The number of anilines is 2. The maximum Gasteiger partial charge on any atom is 0.416 e. The first-order valence-electron chi connectivity index (χ1n) is 15.4. The number of allylic oxidation sites excluding steroid dienone is 1. The van der Waals surface area contributed by atoms with Gasteiger partial charge >= 0.3 is 6.18 Å². The molecule has 4 heterocycles. The number of piperazine rings is 1. The average molecular weight is 688 g/mol. The van der Waals surface area contributed by atoms with Crippen molar-refractivity contribution in [2.24, 2.45) is 0 Å². The molecule has 0 spiro atoms. The second kappa shape index (κ2) is 13.2. The van der Waals surface area contributed by atoms with E-state index >= 15 is 0 Å². The van der Waals surface area contributed by atoms with Crippen LogP contribution in [0.15, 0.2) is 47.3 Å². The third-order valence-electron chi connectivity index (χ3n) is 8.29. The van der Waals surface area contributed by atoms with Crippen molar-refractivity contribution in [1.82, 2.24) is 24.1 Å². The number of phenolic OH excluding ortho intramolecular Hbond substituents is 1. The van der Waals surface area contributed by atoms with Gasteiger partial charge in [0.15, 0.2) is 17.3 Å². The maximum absolute atomic E-state index is 14.4. The van der Waals surface area contributed by atoms with Crippen LogP contribution < -0.4 is 15.8 Å². The molecule has 0 unspecified atom stereocenters. The molecule has 6 rings (SSSR count). The number of rotatable bonds is 7. The Morgan fingerprint density at radius 3 is 2.35 bits per heavy atom. The van der Waals surface area contributed by atoms with E-state index in [-0.39, 0.29) is 55.6 Å². The molecule has 2 aliphatic rings. The van der Waals surface area contributed by atoms with Crippen LogP contribution in [0.5, 0.6) is 5.75 Å². The number of aromatic nitrogens is 4. The summed E-state index contributed by atoms with van der Waals surface area (Å²) in [5.41, 5.74) is -1.54. The zero-order chi connectivity index (χ0) is 35.0. The summed E-state index contributed by atoms with van der Waals surface area (Å²) in [6.07, 6.45) is -1.02. The lowest BCUT2D eigenvalue weighted by molar-refractivity contribution is -0.137. The van der Waals surface area contributed by atoms with E-state index in [9.17, 15) is 41.4 Å². The molecule has 17 heteroatoms. The standard InChI is InChI=1S/C32H30F5N7O5/c1-2-22-26(41-12-14-42(15-13-41)29(47)25-20(33)10-11-21(34)27(25)46)30(48)44-31(39-28(40-44)23-5-3-4-16-49-23)43(22)17-24(45)38-19-8-6-18(7-9-19)32(35,36)37/h5-11,46H,2-4,12-17H2,1H3,(H,38,45). The van der Waals surface area contributed by atoms with Crippen molar-refractivity contribution < 1.29 is 41.4 Å². The van der Waals surface area contributed by atoms with E-state index in [0.29, 0.717) is 30.5 Å². The van der Waals surface area contributed by atoms with Crippen molar-refractivity contribution >= 4 is 34.7 Å². The van der Waals surface area contributed by atoms with Crippen LogP contribution >= 0.6 is 0 Å². The average Bonchev–Trinajstić information content (AvgIpc) is 3.54. The van der Waals surface area contributed by atoms with E-state index < -0.39 is 58.6 Å². The molecular weight excluding hydrogens is 657 g/mol. The van der Waals surface area contributed by atoms with Gasteiger partial charge < -0.3 is 29.5 Å². The molecule has 1 fully saturated rings. The number of amides is 2. The Balaban J connectivity index is 1.34. The number of aromatic hydroxyl groups is 1. The van der Waals surface area contributed by atoms with Gasteiger partial charge in [0.1, 0.15) is 23.6 Å². The lowest BCUT2D eigenvalue weighted by atomic mass is 10.1. The number of nitrogens with zero attached hydrogens (tertiary/aromatic N) is 6. The van der Waals surface area contributed by atoms with Crippen LogP contribution in [0, 0.1) is 11.6 Å². The molecule has 12 nitrogen and oxygen atoms in total. The van der Waals surface area contributed by atoms with Gasteiger partial charge in [-0.3, -0.25) is 14.4 Å². The highest BCUT2D eigenvalue weighted by Gasteiger charge is 2.32. The van der Waals surface area contributed by atoms with Crippen molar-refractivity contribution in [3.8, 4) is 5.75 Å². The molecule has 0 radical (unpaired) electrons. The molecule has 4 aromatic rings. The number of halogens is 5. The molecule has 2 aliphatic heterocycles. The second-order valence-corrected chi connectivity index (χ2v) is 11.4. The molecule has 2 aromatic carbocycles. The predicted octanol–water partition coefficient (Wildman–Crippen LogP) is 4.21. The number of phenols is 1. The maximum atomic E-state index is 14.4. The third kappa shape index (κ3) is 6.51. The van der Waals surface area contributed by atoms with E-state index in [2.05, 4.69) is 15.4 Å². The first-order valence-corrected chi connectivity index (χ1v) is 15.4. The van der Waals surface area contributed by atoms with Gasteiger partial charge in [0.05, 0.1) is 17.9 Å². The number of carbonyl (C=O) groups is 2. The fourth-order valence-electron chi connectivity index (χ4n) is 5.87. The van der Waals surface area contributed by atoms with Crippen molar-refractivity contribution in [1.29, 1.82) is 0 Å². The van der Waals surface area contributed by atoms with Crippen LogP contribution in [0.4, 0.5) is 33.3 Å². The molecular formula is C32H30F5N7O5. The molecule has 0 saturated carbocycles. The van der Waals surface area contributed by atoms with Gasteiger partial charge in [-0.05, 0) is 61.7 Å². The third-order valence-corrected chi connectivity index (χ3v) is 8.29. The highest BCUT2D eigenvalue weighted by atomic mass is 19.4. The molecule has 0 aliphatic carbocycles. The van der Waals surface area contributed by atoms with Crippen LogP contribution in [0.25, 0.3) is 11.5 Å². The number of alkyl halides is 3. The fourth-order valence-corrected chi connectivity index (χ4v) is 5.87. The van der Waals surface area contributed by atoms with Gasteiger partial charge in [0, 0.05) is 31.9 Å². The summed E-state index contributed by atoms with van der Waals surface area (Å²) in [7, 11) is 0. The first kappa shape index (κ1) is 33.4. The SMILES string of the molecule is CCc1c(N2CCN(C(=O)c3c(F)ccc(F)c3O)CC2)c(=O)n2nc(C3=CCCCO3)nc2n1CC(=O)Nc1ccc(C(F)(F)F)cc1. The van der Waals surface area contributed by atoms with Gasteiger partial charge in [-0.15, -0.1) is 5.10 Å². The van der Waals surface area contributed by atoms with Crippen molar-refractivity contribution in [2.75, 3.05) is 43.0 Å². The lowest BCUT2D eigenvalue weighted by Gasteiger charge is -2.37. The van der Waals surface area contributed by atoms with Crippen LogP contribution in [0.3, 0.4) is 0 Å². The predicted molar refractivity (Wildman–Crippen MR) is 166 cm³/mol. The molecule has 49 heavy (non-hydrogen) atoms. The molecule has 1 saturated heterocycles. The summed E-state index contributed by atoms with van der Waals surface area (Å²) in [5, 5.41) is 17.0. The Labute approximate surface area is 275 Å². The number of hydrogen-bond donors (Lipinski definition) is 2. The zero-order valence-electron chi connectivity index (χ0n) is 26.1. The van der Waals surface area contributed by atoms with Crippen LogP contribution in [-0.2, 0) is 28.7 Å². The zero-order valence-corrected chi connectivity index (χ0v) is 26.1. The van der Waals surface area contributed by atoms with Gasteiger partial charge in [0.2, 0.25) is 17.5 Å². The minimum atomic E-state index is -4.55. The second-order valence-electron chi connectivity index (χ2n) is 11.4. The summed E-state index contributed by atoms with van der Waals surface area (Å²) < 4.78 is 75.7. The first-order chi connectivity index (χ1) is 23.4. The Bertz CT molecular complexity index is 2020. The molecule has 2 N–H and O–H groups in total. The molecule has 258 valence electrons. The number of carbonyl (C=O) groups excluding carboxylic acids is 2. The minimum Gasteiger partial charge on any atom is -0.504 e. The smallest absolute Gasteiger partial charge is 0.416 e. The van der Waals surface area contributed by atoms with Crippen molar-refractivity contribution in [3.63, 3.8) is 0 Å². The van der Waals surface area contributed by atoms with E-state index in [0.717, 1.165) is 41.3 Å². The van der Waals surface area contributed by atoms with Crippen LogP contribution in [-0.4, -0.2) is 73.8 Å². The van der Waals surface area contributed by atoms with Gasteiger partial charge in [-0.25, -0.2) is 8.78 Å². The molecule has 0 atom stereocenters. The molecule has 2 amide bonds. The fraction of sp³-hybridized carbons (Fsp3) is 0.344. The number of ether oxygens (including phenoxy) is 1. The Kier molecular flexibility index (Phi) is 9.00. The summed E-state index contributed by atoms with van der Waals surface area (Å²) in [4.78, 5) is 47.9. The quantitative estimate of drug-likeness (QED) is 0.276. The van der Waals surface area contributed by atoms with Crippen molar-refractivity contribution in [3.05, 3.63) is 87.1 Å². The summed E-state index contributed by atoms with van der Waals surface area (Å²) in [5.74, 6) is -4.33. The normalized spacial score (nSPS) is 15.3. The highest BCUT2D eigenvalue weighted by molar-refractivity contribution is 5.97. The summed E-state index contributed by atoms with van der Waals surface area (Å²) in [6.45, 7) is 1.90. The summed E-state index contributed by atoms with van der Waals surface area (Å²) >= 11 is 0. The van der Waals surface area contributed by atoms with Crippen LogP contribution in [0.2, 0.25) is 0 Å². The Hall–Kier alpha value is -5.48. The summed E-state index contributed by atoms with van der Waals surface area (Å²) in [6, 6.07) is 5.42. The van der Waals surface area contributed by atoms with E-state index in [4.69, 9.17) is 4.74 Å². The van der Waals surface area contributed by atoms with Gasteiger partial charge in [-0.2, -0.15) is 22.7 Å². The number of benzene rings is 2. The van der Waals surface area contributed by atoms with Crippen molar-refractivity contribution in [2.45, 2.75) is 38.9 Å². The van der Waals surface area contributed by atoms with Crippen LogP contribution in [0.1, 0.15) is 47.2 Å². The van der Waals surface area contributed by atoms with E-state index in [1.54, 1.807) is 17.9 Å². The molecule has 2 aromatic heterocycles. The largest absolute Gasteiger partial charge is 0.504 e. The molecule has 0 bridgehead atoms. The van der Waals surface area contributed by atoms with E-state index in [1.807, 2.05) is 0 Å². The Morgan fingerprint density at radius 2 is 1.71 bits per heavy atom. The minimum absolute atomic E-state index is 0.0212. The topological polar surface area (TPSA) is 134 Å². The number of nitrogens with one attached hydrogen (secondary N) is 1.